The topological polar surface area (TPSA) is 72.2 Å². The van der Waals surface area contributed by atoms with Gasteiger partial charge in [0.05, 0.1) is 4.90 Å². The second kappa shape index (κ2) is 6.50. The van der Waals surface area contributed by atoms with E-state index in [9.17, 15) is 8.42 Å². The third kappa shape index (κ3) is 3.78. The predicted octanol–water partition coefficient (Wildman–Crippen LogP) is 2.17. The van der Waals surface area contributed by atoms with E-state index in [2.05, 4.69) is 11.6 Å². The minimum atomic E-state index is -3.48. The molecule has 1 aromatic rings. The Morgan fingerprint density at radius 2 is 1.95 bits per heavy atom. The molecule has 2 unspecified atom stereocenters. The average Bonchev–Trinajstić information content (AvgIpc) is 2.37. The summed E-state index contributed by atoms with van der Waals surface area (Å²) in [6.45, 7) is 8.13. The van der Waals surface area contributed by atoms with Gasteiger partial charge in [-0.15, -0.1) is 0 Å². The molecule has 0 amide bonds. The van der Waals surface area contributed by atoms with Gasteiger partial charge in [0.25, 0.3) is 0 Å². The van der Waals surface area contributed by atoms with Crippen LogP contribution in [0.2, 0.25) is 0 Å². The van der Waals surface area contributed by atoms with Crippen LogP contribution in [-0.2, 0) is 16.6 Å². The molecule has 2 atom stereocenters. The highest BCUT2D eigenvalue weighted by atomic mass is 32.2. The van der Waals surface area contributed by atoms with Gasteiger partial charge in [0.1, 0.15) is 0 Å². The number of benzene rings is 1. The first-order valence-electron chi connectivity index (χ1n) is 6.64. The van der Waals surface area contributed by atoms with Crippen molar-refractivity contribution >= 4 is 10.0 Å². The van der Waals surface area contributed by atoms with E-state index in [-0.39, 0.29) is 6.04 Å². The zero-order valence-electron chi connectivity index (χ0n) is 12.1. The molecule has 0 saturated heterocycles. The largest absolute Gasteiger partial charge is 0.326 e. The first-order chi connectivity index (χ1) is 8.83. The van der Waals surface area contributed by atoms with Gasteiger partial charge in [0.2, 0.25) is 10.0 Å². The highest BCUT2D eigenvalue weighted by Crippen LogP contribution is 2.20. The lowest BCUT2D eigenvalue weighted by Gasteiger charge is -2.21. The minimum Gasteiger partial charge on any atom is -0.326 e. The van der Waals surface area contributed by atoms with Crippen molar-refractivity contribution in [1.82, 2.24) is 4.72 Å². The standard InChI is InChI=1S/C14H24N2O2S/c1-5-10(2)12(4)16-19(17,18)14-8-6-7-13(9-15)11(14)3/h6-8,10,12,16H,5,9,15H2,1-4H3. The van der Waals surface area contributed by atoms with E-state index in [1.807, 2.05) is 19.9 Å². The monoisotopic (exact) mass is 284 g/mol. The van der Waals surface area contributed by atoms with Gasteiger partial charge in [0.15, 0.2) is 0 Å². The maximum absolute atomic E-state index is 12.4. The van der Waals surface area contributed by atoms with Gasteiger partial charge in [-0.1, -0.05) is 32.4 Å². The lowest BCUT2D eigenvalue weighted by Crippen LogP contribution is -2.37. The highest BCUT2D eigenvalue weighted by molar-refractivity contribution is 7.89. The van der Waals surface area contributed by atoms with Crippen LogP contribution >= 0.6 is 0 Å². The van der Waals surface area contributed by atoms with E-state index >= 15 is 0 Å². The van der Waals surface area contributed by atoms with Gasteiger partial charge in [-0.2, -0.15) is 0 Å². The van der Waals surface area contributed by atoms with Crippen LogP contribution in [0.1, 0.15) is 38.3 Å². The van der Waals surface area contributed by atoms with Crippen LogP contribution in [0.4, 0.5) is 0 Å². The average molecular weight is 284 g/mol. The first-order valence-corrected chi connectivity index (χ1v) is 8.12. The molecule has 0 bridgehead atoms. The summed E-state index contributed by atoms with van der Waals surface area (Å²) in [7, 11) is -3.48. The van der Waals surface area contributed by atoms with Gasteiger partial charge >= 0.3 is 0 Å². The Balaban J connectivity index is 3.08. The molecule has 0 aliphatic rings. The Morgan fingerprint density at radius 1 is 1.32 bits per heavy atom. The Bertz CT molecular complexity index is 526. The molecule has 4 nitrogen and oxygen atoms in total. The molecule has 0 spiro atoms. The third-order valence-corrected chi connectivity index (χ3v) is 5.45. The van der Waals surface area contributed by atoms with Gasteiger partial charge < -0.3 is 5.73 Å². The molecule has 0 fully saturated rings. The molecular formula is C14H24N2O2S. The molecule has 0 saturated carbocycles. The van der Waals surface area contributed by atoms with E-state index in [1.165, 1.54) is 0 Å². The molecule has 0 aromatic heterocycles. The summed E-state index contributed by atoms with van der Waals surface area (Å²) in [6, 6.07) is 5.13. The van der Waals surface area contributed by atoms with E-state index in [0.717, 1.165) is 17.5 Å². The molecule has 5 heteroatoms. The highest BCUT2D eigenvalue weighted by Gasteiger charge is 2.22. The predicted molar refractivity (Wildman–Crippen MR) is 78.3 cm³/mol. The molecule has 0 heterocycles. The van der Waals surface area contributed by atoms with Crippen molar-refractivity contribution in [2.24, 2.45) is 11.7 Å². The van der Waals surface area contributed by atoms with Crippen molar-refractivity contribution in [3.05, 3.63) is 29.3 Å². The zero-order chi connectivity index (χ0) is 14.6. The SMILES string of the molecule is CCC(C)C(C)NS(=O)(=O)c1cccc(CN)c1C. The minimum absolute atomic E-state index is 0.0871. The van der Waals surface area contributed by atoms with Crippen molar-refractivity contribution in [2.75, 3.05) is 0 Å². The molecule has 1 rings (SSSR count). The van der Waals surface area contributed by atoms with Gasteiger partial charge in [-0.25, -0.2) is 13.1 Å². The van der Waals surface area contributed by atoms with Crippen LogP contribution in [0.25, 0.3) is 0 Å². The molecule has 19 heavy (non-hydrogen) atoms. The Kier molecular flexibility index (Phi) is 5.52. The fourth-order valence-corrected chi connectivity index (χ4v) is 3.59. The van der Waals surface area contributed by atoms with Crippen LogP contribution in [0.3, 0.4) is 0 Å². The summed E-state index contributed by atoms with van der Waals surface area (Å²) >= 11 is 0. The van der Waals surface area contributed by atoms with E-state index in [0.29, 0.717) is 17.4 Å². The Morgan fingerprint density at radius 3 is 2.47 bits per heavy atom. The summed E-state index contributed by atoms with van der Waals surface area (Å²) in [4.78, 5) is 0.325. The van der Waals surface area contributed by atoms with Crippen LogP contribution in [-0.4, -0.2) is 14.5 Å². The van der Waals surface area contributed by atoms with Crippen molar-refractivity contribution in [1.29, 1.82) is 0 Å². The second-order valence-electron chi connectivity index (χ2n) is 5.04. The van der Waals surface area contributed by atoms with E-state index in [4.69, 9.17) is 5.73 Å². The second-order valence-corrected chi connectivity index (χ2v) is 6.72. The molecule has 0 aliphatic carbocycles. The molecule has 108 valence electrons. The molecular weight excluding hydrogens is 260 g/mol. The maximum atomic E-state index is 12.4. The van der Waals surface area contributed by atoms with Crippen LogP contribution in [0, 0.1) is 12.8 Å². The lowest BCUT2D eigenvalue weighted by molar-refractivity contribution is 0.434. The van der Waals surface area contributed by atoms with E-state index in [1.54, 1.807) is 19.1 Å². The van der Waals surface area contributed by atoms with Gasteiger partial charge in [0, 0.05) is 12.6 Å². The summed E-state index contributed by atoms with van der Waals surface area (Å²) in [6.07, 6.45) is 0.936. The smallest absolute Gasteiger partial charge is 0.241 e. The zero-order valence-corrected chi connectivity index (χ0v) is 12.9. The van der Waals surface area contributed by atoms with E-state index < -0.39 is 10.0 Å². The summed E-state index contributed by atoms with van der Waals surface area (Å²) in [5.74, 6) is 0.299. The quantitative estimate of drug-likeness (QED) is 0.841. The molecule has 0 radical (unpaired) electrons. The fourth-order valence-electron chi connectivity index (χ4n) is 1.95. The maximum Gasteiger partial charge on any atom is 0.241 e. The van der Waals surface area contributed by atoms with Crippen molar-refractivity contribution < 1.29 is 8.42 Å². The van der Waals surface area contributed by atoms with Crippen LogP contribution < -0.4 is 10.5 Å². The van der Waals surface area contributed by atoms with Crippen LogP contribution in [0.5, 0.6) is 0 Å². The molecule has 3 N–H and O–H groups in total. The van der Waals surface area contributed by atoms with Crippen molar-refractivity contribution in [3.8, 4) is 0 Å². The van der Waals surface area contributed by atoms with Gasteiger partial charge in [-0.3, -0.25) is 0 Å². The third-order valence-electron chi connectivity index (χ3n) is 3.74. The number of rotatable bonds is 6. The summed E-state index contributed by atoms with van der Waals surface area (Å²) in [5.41, 5.74) is 7.21. The fraction of sp³-hybridized carbons (Fsp3) is 0.571. The summed E-state index contributed by atoms with van der Waals surface area (Å²) in [5, 5.41) is 0. The first kappa shape index (κ1) is 16.1. The lowest BCUT2D eigenvalue weighted by atomic mass is 10.0. The number of nitrogens with two attached hydrogens (primary N) is 1. The van der Waals surface area contributed by atoms with Crippen LogP contribution in [0.15, 0.2) is 23.1 Å². The Hall–Kier alpha value is -0.910. The molecule has 1 aromatic carbocycles. The molecule has 0 aliphatic heterocycles. The van der Waals surface area contributed by atoms with Crippen molar-refractivity contribution in [3.63, 3.8) is 0 Å². The normalized spacial score (nSPS) is 15.2. The summed E-state index contributed by atoms with van der Waals surface area (Å²) < 4.78 is 27.5. The number of sulfonamides is 1. The number of hydrogen-bond donors (Lipinski definition) is 2. The van der Waals surface area contributed by atoms with Crippen molar-refractivity contribution in [2.45, 2.75) is 51.6 Å². The Labute approximate surface area is 116 Å². The van der Waals surface area contributed by atoms with Gasteiger partial charge in [-0.05, 0) is 37.0 Å². The number of hydrogen-bond acceptors (Lipinski definition) is 3. The number of nitrogens with one attached hydrogen (secondary N) is 1.